The number of halogens is 1. The van der Waals surface area contributed by atoms with E-state index in [4.69, 9.17) is 9.47 Å². The molecule has 24 heavy (non-hydrogen) atoms. The Hall–Kier alpha value is -2.78. The number of fused-ring (bicyclic) bond motifs is 1. The van der Waals surface area contributed by atoms with Crippen LogP contribution in [0.4, 0.5) is 0 Å². The molecule has 2 aromatic carbocycles. The van der Waals surface area contributed by atoms with Gasteiger partial charge in [-0.2, -0.15) is 5.26 Å². The van der Waals surface area contributed by atoms with Gasteiger partial charge < -0.3 is 14.8 Å². The minimum Gasteiger partial charge on any atom is -0.454 e. The summed E-state index contributed by atoms with van der Waals surface area (Å²) in [5.74, 6) is 0.930. The summed E-state index contributed by atoms with van der Waals surface area (Å²) in [6.45, 7) is 0.506. The standard InChI is InChI=1S/C18H13BrN2O3/c19-15-3-1-2-12(7-15)6-14(9-20)18(22)21-10-13-4-5-16-17(8-13)24-11-23-16/h1-8H,10-11H2,(H,21,22)/b14-6+. The van der Waals surface area contributed by atoms with Gasteiger partial charge in [-0.25, -0.2) is 0 Å². The summed E-state index contributed by atoms with van der Waals surface area (Å²) in [5.41, 5.74) is 1.69. The fraction of sp³-hybridized carbons (Fsp3) is 0.111. The average Bonchev–Trinajstić information content (AvgIpc) is 3.05. The predicted molar refractivity (Wildman–Crippen MR) is 92.1 cm³/mol. The van der Waals surface area contributed by atoms with E-state index in [-0.39, 0.29) is 12.4 Å². The van der Waals surface area contributed by atoms with Crippen molar-refractivity contribution in [1.29, 1.82) is 5.26 Å². The molecule has 1 N–H and O–H groups in total. The predicted octanol–water partition coefficient (Wildman–Crippen LogP) is 3.40. The molecule has 3 rings (SSSR count). The molecule has 0 bridgehead atoms. The fourth-order valence-electron chi connectivity index (χ4n) is 2.24. The topological polar surface area (TPSA) is 71.4 Å². The van der Waals surface area contributed by atoms with E-state index >= 15 is 0 Å². The van der Waals surface area contributed by atoms with Crippen LogP contribution < -0.4 is 14.8 Å². The van der Waals surface area contributed by atoms with Gasteiger partial charge in [-0.05, 0) is 41.5 Å². The number of carbonyl (C=O) groups excluding carboxylic acids is 1. The highest BCUT2D eigenvalue weighted by atomic mass is 79.9. The Morgan fingerprint density at radius 2 is 2.08 bits per heavy atom. The number of nitriles is 1. The van der Waals surface area contributed by atoms with E-state index in [1.165, 1.54) is 0 Å². The van der Waals surface area contributed by atoms with Crippen molar-refractivity contribution in [3.05, 3.63) is 63.6 Å². The number of nitrogens with one attached hydrogen (secondary N) is 1. The molecule has 0 unspecified atom stereocenters. The van der Waals surface area contributed by atoms with Crippen molar-refractivity contribution in [2.75, 3.05) is 6.79 Å². The van der Waals surface area contributed by atoms with E-state index in [2.05, 4.69) is 21.2 Å². The Labute approximate surface area is 147 Å². The maximum Gasteiger partial charge on any atom is 0.262 e. The smallest absolute Gasteiger partial charge is 0.262 e. The second kappa shape index (κ2) is 7.20. The maximum atomic E-state index is 12.2. The lowest BCUT2D eigenvalue weighted by Crippen LogP contribution is -2.23. The molecular formula is C18H13BrN2O3. The molecular weight excluding hydrogens is 372 g/mol. The van der Waals surface area contributed by atoms with Crippen LogP contribution in [0.1, 0.15) is 11.1 Å². The zero-order valence-electron chi connectivity index (χ0n) is 12.6. The van der Waals surface area contributed by atoms with Crippen LogP contribution >= 0.6 is 15.9 Å². The summed E-state index contributed by atoms with van der Waals surface area (Å²) >= 11 is 3.36. The van der Waals surface area contributed by atoms with E-state index in [1.54, 1.807) is 12.1 Å². The van der Waals surface area contributed by atoms with Crippen molar-refractivity contribution in [3.8, 4) is 17.6 Å². The number of hydrogen-bond acceptors (Lipinski definition) is 4. The highest BCUT2D eigenvalue weighted by Crippen LogP contribution is 2.32. The number of rotatable bonds is 4. The number of amides is 1. The molecule has 0 radical (unpaired) electrons. The van der Waals surface area contributed by atoms with Gasteiger partial charge in [-0.1, -0.05) is 34.1 Å². The van der Waals surface area contributed by atoms with Gasteiger partial charge in [-0.15, -0.1) is 0 Å². The lowest BCUT2D eigenvalue weighted by atomic mass is 10.1. The molecule has 6 heteroatoms. The summed E-state index contributed by atoms with van der Waals surface area (Å²) in [6.07, 6.45) is 1.56. The monoisotopic (exact) mass is 384 g/mol. The molecule has 1 amide bonds. The van der Waals surface area contributed by atoms with E-state index in [1.807, 2.05) is 42.5 Å². The molecule has 1 aliphatic heterocycles. The first-order valence-corrected chi connectivity index (χ1v) is 7.99. The van der Waals surface area contributed by atoms with E-state index in [0.717, 1.165) is 15.6 Å². The van der Waals surface area contributed by atoms with Crippen LogP contribution in [0, 0.1) is 11.3 Å². The number of nitrogens with zero attached hydrogens (tertiary/aromatic N) is 1. The largest absolute Gasteiger partial charge is 0.454 e. The van der Waals surface area contributed by atoms with Gasteiger partial charge in [0.1, 0.15) is 11.6 Å². The van der Waals surface area contributed by atoms with E-state index in [9.17, 15) is 10.1 Å². The third kappa shape index (κ3) is 3.76. The Kier molecular flexibility index (Phi) is 4.82. The van der Waals surface area contributed by atoms with Gasteiger partial charge in [-0.3, -0.25) is 4.79 Å². The van der Waals surface area contributed by atoms with Gasteiger partial charge in [0.15, 0.2) is 11.5 Å². The molecule has 2 aromatic rings. The van der Waals surface area contributed by atoms with Crippen LogP contribution in [-0.4, -0.2) is 12.7 Å². The molecule has 0 aliphatic carbocycles. The van der Waals surface area contributed by atoms with Crippen LogP contribution in [0.3, 0.4) is 0 Å². The van der Waals surface area contributed by atoms with Gasteiger partial charge in [0.05, 0.1) is 0 Å². The highest BCUT2D eigenvalue weighted by molar-refractivity contribution is 9.10. The number of hydrogen-bond donors (Lipinski definition) is 1. The number of ether oxygens (including phenoxy) is 2. The number of carbonyl (C=O) groups is 1. The minimum absolute atomic E-state index is 0.0499. The number of benzene rings is 2. The van der Waals surface area contributed by atoms with E-state index < -0.39 is 5.91 Å². The first-order chi connectivity index (χ1) is 11.7. The molecule has 1 aliphatic rings. The van der Waals surface area contributed by atoms with Gasteiger partial charge >= 0.3 is 0 Å². The summed E-state index contributed by atoms with van der Waals surface area (Å²) in [7, 11) is 0. The molecule has 120 valence electrons. The second-order valence-electron chi connectivity index (χ2n) is 5.10. The summed E-state index contributed by atoms with van der Waals surface area (Å²) < 4.78 is 11.4. The Bertz CT molecular complexity index is 856. The summed E-state index contributed by atoms with van der Waals surface area (Å²) in [4.78, 5) is 12.2. The normalized spacial score (nSPS) is 12.6. The van der Waals surface area contributed by atoms with Crippen molar-refractivity contribution in [2.45, 2.75) is 6.54 Å². The third-order valence-corrected chi connectivity index (χ3v) is 3.91. The van der Waals surface area contributed by atoms with Crippen molar-refractivity contribution in [2.24, 2.45) is 0 Å². The summed E-state index contributed by atoms with van der Waals surface area (Å²) in [5, 5.41) is 12.0. The molecule has 0 atom stereocenters. The quantitative estimate of drug-likeness (QED) is 0.647. The second-order valence-corrected chi connectivity index (χ2v) is 6.01. The molecule has 1 heterocycles. The molecule has 0 fully saturated rings. The van der Waals surface area contributed by atoms with Crippen molar-refractivity contribution in [1.82, 2.24) is 5.32 Å². The van der Waals surface area contributed by atoms with Gasteiger partial charge in [0, 0.05) is 11.0 Å². The van der Waals surface area contributed by atoms with Gasteiger partial charge in [0.25, 0.3) is 5.91 Å². The molecule has 5 nitrogen and oxygen atoms in total. The highest BCUT2D eigenvalue weighted by Gasteiger charge is 2.14. The first-order valence-electron chi connectivity index (χ1n) is 7.20. The Morgan fingerprint density at radius 3 is 2.88 bits per heavy atom. The average molecular weight is 385 g/mol. The van der Waals surface area contributed by atoms with Crippen LogP contribution in [0.2, 0.25) is 0 Å². The van der Waals surface area contributed by atoms with Crippen LogP contribution in [0.5, 0.6) is 11.5 Å². The SMILES string of the molecule is N#C/C(=C\c1cccc(Br)c1)C(=O)NCc1ccc2c(c1)OCO2. The van der Waals surface area contributed by atoms with Crippen molar-refractivity contribution in [3.63, 3.8) is 0 Å². The minimum atomic E-state index is -0.421. The van der Waals surface area contributed by atoms with Gasteiger partial charge in [0.2, 0.25) is 6.79 Å². The van der Waals surface area contributed by atoms with Crippen LogP contribution in [0.25, 0.3) is 6.08 Å². The van der Waals surface area contributed by atoms with Crippen molar-refractivity contribution < 1.29 is 14.3 Å². The lowest BCUT2D eigenvalue weighted by Gasteiger charge is -2.06. The Balaban J connectivity index is 1.68. The van der Waals surface area contributed by atoms with Crippen LogP contribution in [-0.2, 0) is 11.3 Å². The molecule has 0 aromatic heterocycles. The Morgan fingerprint density at radius 1 is 1.25 bits per heavy atom. The maximum absolute atomic E-state index is 12.2. The van der Waals surface area contributed by atoms with Crippen LogP contribution in [0.15, 0.2) is 52.5 Å². The molecule has 0 saturated heterocycles. The zero-order valence-corrected chi connectivity index (χ0v) is 14.2. The van der Waals surface area contributed by atoms with E-state index in [0.29, 0.717) is 18.0 Å². The fourth-order valence-corrected chi connectivity index (χ4v) is 2.66. The molecule has 0 spiro atoms. The zero-order chi connectivity index (χ0) is 16.9. The van der Waals surface area contributed by atoms with Crippen molar-refractivity contribution >= 4 is 27.9 Å². The first kappa shape index (κ1) is 16.1. The molecule has 0 saturated carbocycles. The third-order valence-electron chi connectivity index (χ3n) is 3.41. The lowest BCUT2D eigenvalue weighted by molar-refractivity contribution is -0.117. The summed E-state index contributed by atoms with van der Waals surface area (Å²) in [6, 6.07) is 14.8.